The lowest BCUT2D eigenvalue weighted by molar-refractivity contribution is 0.634. The molecule has 2 heteroatoms. The second kappa shape index (κ2) is 5.66. The van der Waals surface area contributed by atoms with Gasteiger partial charge in [-0.1, -0.05) is 55.3 Å². The summed E-state index contributed by atoms with van der Waals surface area (Å²) in [4.78, 5) is 0. The molecule has 1 nitrogen and oxygen atoms in total. The van der Waals surface area contributed by atoms with Gasteiger partial charge in [-0.15, -0.1) is 0 Å². The second-order valence-electron chi connectivity index (χ2n) is 4.33. The normalized spacial score (nSPS) is 13.2. The first kappa shape index (κ1) is 12.7. The van der Waals surface area contributed by atoms with Crippen molar-refractivity contribution in [2.45, 2.75) is 45.6 Å². The summed E-state index contributed by atoms with van der Waals surface area (Å²) in [5.41, 5.74) is 8.75. The molecular formula is C13H20BrN. The third-order valence-electron chi connectivity index (χ3n) is 2.69. The molecule has 1 aromatic rings. The highest BCUT2D eigenvalue weighted by molar-refractivity contribution is 9.10. The number of benzene rings is 1. The summed E-state index contributed by atoms with van der Waals surface area (Å²) in [6.07, 6.45) is 2.17. The molecule has 0 amide bonds. The van der Waals surface area contributed by atoms with Gasteiger partial charge < -0.3 is 5.73 Å². The topological polar surface area (TPSA) is 26.0 Å². The molecule has 1 rings (SSSR count). The van der Waals surface area contributed by atoms with Gasteiger partial charge in [0.05, 0.1) is 0 Å². The lowest BCUT2D eigenvalue weighted by Gasteiger charge is -2.15. The van der Waals surface area contributed by atoms with Gasteiger partial charge in [-0.05, 0) is 29.5 Å². The number of nitrogens with two attached hydrogens (primary N) is 1. The van der Waals surface area contributed by atoms with Crippen molar-refractivity contribution in [2.24, 2.45) is 5.73 Å². The van der Waals surface area contributed by atoms with Crippen molar-refractivity contribution in [3.63, 3.8) is 0 Å². The van der Waals surface area contributed by atoms with Crippen molar-refractivity contribution >= 4 is 15.9 Å². The first-order chi connectivity index (χ1) is 7.06. The Morgan fingerprint density at radius 2 is 2.00 bits per heavy atom. The summed E-state index contributed by atoms with van der Waals surface area (Å²) < 4.78 is 1.13. The minimum Gasteiger partial charge on any atom is -0.324 e. The number of halogens is 1. The first-order valence-electron chi connectivity index (χ1n) is 5.61. The molecule has 84 valence electrons. The van der Waals surface area contributed by atoms with Crippen molar-refractivity contribution in [3.8, 4) is 0 Å². The fourth-order valence-corrected chi connectivity index (χ4v) is 2.21. The summed E-state index contributed by atoms with van der Waals surface area (Å²) in [5, 5.41) is 0. The average Bonchev–Trinajstić information content (AvgIpc) is 2.18. The summed E-state index contributed by atoms with van der Waals surface area (Å²) in [6, 6.07) is 6.66. The summed E-state index contributed by atoms with van der Waals surface area (Å²) >= 11 is 3.57. The molecule has 0 bridgehead atoms. The van der Waals surface area contributed by atoms with E-state index in [1.165, 1.54) is 11.1 Å². The van der Waals surface area contributed by atoms with Gasteiger partial charge in [0.25, 0.3) is 0 Å². The minimum atomic E-state index is 0.156. The van der Waals surface area contributed by atoms with E-state index in [0.717, 1.165) is 17.3 Å². The van der Waals surface area contributed by atoms with E-state index in [0.29, 0.717) is 5.92 Å². The van der Waals surface area contributed by atoms with Crippen molar-refractivity contribution in [2.75, 3.05) is 0 Å². The predicted octanol–water partition coefficient (Wildman–Crippen LogP) is 4.37. The zero-order valence-corrected chi connectivity index (χ0v) is 11.3. The molecule has 0 aliphatic rings. The zero-order valence-electron chi connectivity index (χ0n) is 9.76. The summed E-state index contributed by atoms with van der Waals surface area (Å²) in [7, 11) is 0. The van der Waals surface area contributed by atoms with Gasteiger partial charge in [0.1, 0.15) is 0 Å². The lowest BCUT2D eigenvalue weighted by atomic mass is 9.96. The molecule has 0 aliphatic carbocycles. The summed E-state index contributed by atoms with van der Waals surface area (Å²) in [5.74, 6) is 0.561. The van der Waals surface area contributed by atoms with E-state index in [1.807, 2.05) is 0 Å². The second-order valence-corrected chi connectivity index (χ2v) is 5.19. The number of hydrogen-bond donors (Lipinski definition) is 1. The molecule has 0 saturated carbocycles. The van der Waals surface area contributed by atoms with E-state index in [-0.39, 0.29) is 6.04 Å². The van der Waals surface area contributed by atoms with Crippen LogP contribution >= 0.6 is 15.9 Å². The fourth-order valence-electron chi connectivity index (χ4n) is 1.67. The predicted molar refractivity (Wildman–Crippen MR) is 70.1 cm³/mol. The Morgan fingerprint density at radius 3 is 2.53 bits per heavy atom. The molecule has 0 aromatic heterocycles. The van der Waals surface area contributed by atoms with Gasteiger partial charge in [0.15, 0.2) is 0 Å². The van der Waals surface area contributed by atoms with Crippen LogP contribution in [0.25, 0.3) is 0 Å². The highest BCUT2D eigenvalue weighted by Crippen LogP contribution is 2.28. The van der Waals surface area contributed by atoms with Gasteiger partial charge in [-0.2, -0.15) is 0 Å². The van der Waals surface area contributed by atoms with Crippen LogP contribution in [0.5, 0.6) is 0 Å². The Bertz CT molecular complexity index is 320. The monoisotopic (exact) mass is 269 g/mol. The number of rotatable bonds is 4. The zero-order chi connectivity index (χ0) is 11.4. The smallest absolute Gasteiger partial charge is 0.0306 e. The van der Waals surface area contributed by atoms with Gasteiger partial charge in [0.2, 0.25) is 0 Å². The molecule has 1 atom stereocenters. The third kappa shape index (κ3) is 3.32. The van der Waals surface area contributed by atoms with E-state index in [4.69, 9.17) is 5.73 Å². The SMILES string of the molecule is CCCC(N)c1cc(C(C)C)ccc1Br. The molecule has 0 spiro atoms. The maximum atomic E-state index is 6.15. The maximum absolute atomic E-state index is 6.15. The van der Waals surface area contributed by atoms with Crippen LogP contribution in [-0.4, -0.2) is 0 Å². The quantitative estimate of drug-likeness (QED) is 0.863. The molecule has 1 unspecified atom stereocenters. The number of hydrogen-bond acceptors (Lipinski definition) is 1. The maximum Gasteiger partial charge on any atom is 0.0306 e. The van der Waals surface area contributed by atoms with Crippen LogP contribution in [0.4, 0.5) is 0 Å². The van der Waals surface area contributed by atoms with Crippen LogP contribution in [0.1, 0.15) is 56.7 Å². The third-order valence-corrected chi connectivity index (χ3v) is 3.41. The average molecular weight is 270 g/mol. The van der Waals surface area contributed by atoms with Gasteiger partial charge in [-0.3, -0.25) is 0 Å². The van der Waals surface area contributed by atoms with E-state index in [2.05, 4.69) is 54.9 Å². The van der Waals surface area contributed by atoms with E-state index in [1.54, 1.807) is 0 Å². The van der Waals surface area contributed by atoms with Crippen LogP contribution in [0.2, 0.25) is 0 Å². The van der Waals surface area contributed by atoms with E-state index in [9.17, 15) is 0 Å². The Kier molecular flexibility index (Phi) is 4.81. The first-order valence-corrected chi connectivity index (χ1v) is 6.40. The van der Waals surface area contributed by atoms with Crippen LogP contribution in [0, 0.1) is 0 Å². The molecule has 1 aromatic carbocycles. The molecule has 0 heterocycles. The van der Waals surface area contributed by atoms with Gasteiger partial charge in [0, 0.05) is 10.5 Å². The van der Waals surface area contributed by atoms with Gasteiger partial charge >= 0.3 is 0 Å². The Hall–Kier alpha value is -0.340. The van der Waals surface area contributed by atoms with Crippen molar-refractivity contribution < 1.29 is 0 Å². The van der Waals surface area contributed by atoms with E-state index < -0.39 is 0 Å². The standard InChI is InChI=1S/C13H20BrN/c1-4-5-13(15)11-8-10(9(2)3)6-7-12(11)14/h6-9,13H,4-5,15H2,1-3H3. The molecule has 0 fully saturated rings. The van der Waals surface area contributed by atoms with Crippen molar-refractivity contribution in [1.82, 2.24) is 0 Å². The summed E-state index contributed by atoms with van der Waals surface area (Å²) in [6.45, 7) is 6.58. The Labute approximate surface area is 101 Å². The Balaban J connectivity index is 2.99. The fraction of sp³-hybridized carbons (Fsp3) is 0.538. The van der Waals surface area contributed by atoms with E-state index >= 15 is 0 Å². The van der Waals surface area contributed by atoms with Crippen LogP contribution in [0.15, 0.2) is 22.7 Å². The highest BCUT2D eigenvalue weighted by Gasteiger charge is 2.10. The molecule has 0 aliphatic heterocycles. The van der Waals surface area contributed by atoms with Crippen molar-refractivity contribution in [1.29, 1.82) is 0 Å². The van der Waals surface area contributed by atoms with Crippen LogP contribution in [-0.2, 0) is 0 Å². The van der Waals surface area contributed by atoms with Crippen LogP contribution < -0.4 is 5.73 Å². The van der Waals surface area contributed by atoms with Crippen molar-refractivity contribution in [3.05, 3.63) is 33.8 Å². The van der Waals surface area contributed by atoms with Gasteiger partial charge in [-0.25, -0.2) is 0 Å². The molecule has 2 N–H and O–H groups in total. The largest absolute Gasteiger partial charge is 0.324 e. The lowest BCUT2D eigenvalue weighted by Crippen LogP contribution is -2.11. The highest BCUT2D eigenvalue weighted by atomic mass is 79.9. The molecular weight excluding hydrogens is 250 g/mol. The molecule has 0 saturated heterocycles. The molecule has 15 heavy (non-hydrogen) atoms. The minimum absolute atomic E-state index is 0.156. The van der Waals surface area contributed by atoms with Crippen LogP contribution in [0.3, 0.4) is 0 Å². The molecule has 0 radical (unpaired) electrons. The Morgan fingerprint density at radius 1 is 1.33 bits per heavy atom.